The number of aryl methyl sites for hydroxylation is 2. The predicted octanol–water partition coefficient (Wildman–Crippen LogP) is 2.23. The summed E-state index contributed by atoms with van der Waals surface area (Å²) in [5.74, 6) is 1.14. The summed E-state index contributed by atoms with van der Waals surface area (Å²) in [4.78, 5) is 29.0. The SMILES string of the molecule is COc1cc(NC(=O)N2CCN(C(=O)c3cc4n(n3)CCCC4)CC2)cc(OC)c1. The van der Waals surface area contributed by atoms with Gasteiger partial charge in [-0.25, -0.2) is 4.79 Å². The standard InChI is InChI=1S/C21H27N5O4/c1-29-17-11-15(12-18(14-17)30-2)22-21(28)25-9-7-24(8-10-25)20(27)19-13-16-5-3-4-6-26(16)23-19/h11-14H,3-10H2,1-2H3,(H,22,28). The number of rotatable bonds is 4. The van der Waals surface area contributed by atoms with Crippen LogP contribution >= 0.6 is 0 Å². The molecular weight excluding hydrogens is 386 g/mol. The van der Waals surface area contributed by atoms with Crippen LogP contribution in [0.3, 0.4) is 0 Å². The van der Waals surface area contributed by atoms with Crippen LogP contribution in [0.1, 0.15) is 29.0 Å². The Kier molecular flexibility index (Phi) is 5.78. The summed E-state index contributed by atoms with van der Waals surface area (Å²) < 4.78 is 12.4. The van der Waals surface area contributed by atoms with Gasteiger partial charge in [0.2, 0.25) is 0 Å². The van der Waals surface area contributed by atoms with Gasteiger partial charge in [-0.05, 0) is 25.3 Å². The molecule has 9 heteroatoms. The number of ether oxygens (including phenoxy) is 2. The number of fused-ring (bicyclic) bond motifs is 1. The minimum absolute atomic E-state index is 0.0607. The number of anilines is 1. The molecule has 2 aliphatic heterocycles. The Labute approximate surface area is 175 Å². The van der Waals surface area contributed by atoms with E-state index in [-0.39, 0.29) is 11.9 Å². The Morgan fingerprint density at radius 1 is 0.900 bits per heavy atom. The third-order valence-corrected chi connectivity index (χ3v) is 5.59. The van der Waals surface area contributed by atoms with Crippen molar-refractivity contribution in [2.24, 2.45) is 0 Å². The molecule has 0 saturated carbocycles. The number of piperazine rings is 1. The van der Waals surface area contributed by atoms with Crippen molar-refractivity contribution in [2.75, 3.05) is 45.7 Å². The number of aromatic nitrogens is 2. The molecule has 0 bridgehead atoms. The highest BCUT2D eigenvalue weighted by Gasteiger charge is 2.27. The van der Waals surface area contributed by atoms with E-state index in [1.54, 1.807) is 42.2 Å². The molecule has 1 aromatic carbocycles. The minimum atomic E-state index is -0.213. The molecule has 2 aromatic rings. The van der Waals surface area contributed by atoms with E-state index < -0.39 is 0 Å². The highest BCUT2D eigenvalue weighted by molar-refractivity contribution is 5.93. The van der Waals surface area contributed by atoms with Gasteiger partial charge in [0.1, 0.15) is 11.5 Å². The molecule has 1 saturated heterocycles. The molecule has 160 valence electrons. The lowest BCUT2D eigenvalue weighted by Crippen LogP contribution is -2.51. The van der Waals surface area contributed by atoms with Crippen molar-refractivity contribution < 1.29 is 19.1 Å². The monoisotopic (exact) mass is 413 g/mol. The van der Waals surface area contributed by atoms with Crippen LogP contribution in [-0.2, 0) is 13.0 Å². The highest BCUT2D eigenvalue weighted by Crippen LogP contribution is 2.26. The van der Waals surface area contributed by atoms with E-state index in [1.165, 1.54) is 0 Å². The number of amides is 3. The first-order chi connectivity index (χ1) is 14.6. The summed E-state index contributed by atoms with van der Waals surface area (Å²) >= 11 is 0. The lowest BCUT2D eigenvalue weighted by Gasteiger charge is -2.34. The molecule has 1 N–H and O–H groups in total. The fraction of sp³-hybridized carbons (Fsp3) is 0.476. The van der Waals surface area contributed by atoms with Crippen LogP contribution in [0.15, 0.2) is 24.3 Å². The van der Waals surface area contributed by atoms with E-state index in [9.17, 15) is 9.59 Å². The van der Waals surface area contributed by atoms with Gasteiger partial charge in [-0.3, -0.25) is 9.48 Å². The Morgan fingerprint density at radius 2 is 1.57 bits per heavy atom. The molecule has 0 unspecified atom stereocenters. The number of carbonyl (C=O) groups is 2. The van der Waals surface area contributed by atoms with Gasteiger partial charge in [0.05, 0.1) is 14.2 Å². The molecule has 0 aliphatic carbocycles. The minimum Gasteiger partial charge on any atom is -0.497 e. The predicted molar refractivity (Wildman–Crippen MR) is 111 cm³/mol. The number of hydrogen-bond acceptors (Lipinski definition) is 5. The number of carbonyl (C=O) groups excluding carboxylic acids is 2. The number of nitrogens with zero attached hydrogens (tertiary/aromatic N) is 4. The second-order valence-electron chi connectivity index (χ2n) is 7.51. The van der Waals surface area contributed by atoms with E-state index in [4.69, 9.17) is 9.47 Å². The van der Waals surface area contributed by atoms with Crippen LogP contribution in [0.4, 0.5) is 10.5 Å². The summed E-state index contributed by atoms with van der Waals surface area (Å²) in [7, 11) is 3.13. The largest absolute Gasteiger partial charge is 0.497 e. The van der Waals surface area contributed by atoms with Gasteiger partial charge >= 0.3 is 6.03 Å². The molecule has 0 spiro atoms. The normalized spacial score (nSPS) is 16.1. The van der Waals surface area contributed by atoms with Crippen molar-refractivity contribution in [3.05, 3.63) is 35.7 Å². The van der Waals surface area contributed by atoms with Crippen LogP contribution in [0.5, 0.6) is 11.5 Å². The Balaban J connectivity index is 1.34. The zero-order valence-corrected chi connectivity index (χ0v) is 17.4. The van der Waals surface area contributed by atoms with Crippen molar-refractivity contribution in [3.63, 3.8) is 0 Å². The first-order valence-electron chi connectivity index (χ1n) is 10.2. The van der Waals surface area contributed by atoms with Crippen molar-refractivity contribution in [1.29, 1.82) is 0 Å². The van der Waals surface area contributed by atoms with E-state index in [1.807, 2.05) is 10.7 Å². The third-order valence-electron chi connectivity index (χ3n) is 5.59. The number of nitrogens with one attached hydrogen (secondary N) is 1. The van der Waals surface area contributed by atoms with Crippen LogP contribution in [-0.4, -0.2) is 71.9 Å². The van der Waals surface area contributed by atoms with E-state index in [0.29, 0.717) is 49.1 Å². The van der Waals surface area contributed by atoms with Crippen molar-refractivity contribution in [2.45, 2.75) is 25.8 Å². The number of hydrogen-bond donors (Lipinski definition) is 1. The number of methoxy groups -OCH3 is 2. The molecule has 0 radical (unpaired) electrons. The third kappa shape index (κ3) is 4.19. The van der Waals surface area contributed by atoms with E-state index in [2.05, 4.69) is 10.4 Å². The quantitative estimate of drug-likeness (QED) is 0.830. The van der Waals surface area contributed by atoms with Crippen molar-refractivity contribution in [3.8, 4) is 11.5 Å². The van der Waals surface area contributed by atoms with E-state index in [0.717, 1.165) is 31.5 Å². The van der Waals surface area contributed by atoms with Crippen LogP contribution in [0.2, 0.25) is 0 Å². The second-order valence-corrected chi connectivity index (χ2v) is 7.51. The second kappa shape index (κ2) is 8.64. The number of urea groups is 1. The lowest BCUT2D eigenvalue weighted by atomic mass is 10.1. The fourth-order valence-electron chi connectivity index (χ4n) is 3.88. The average Bonchev–Trinajstić information content (AvgIpc) is 3.22. The van der Waals surface area contributed by atoms with Crippen LogP contribution in [0, 0.1) is 0 Å². The first-order valence-corrected chi connectivity index (χ1v) is 10.2. The lowest BCUT2D eigenvalue weighted by molar-refractivity contribution is 0.0665. The van der Waals surface area contributed by atoms with Gasteiger partial charge in [0.25, 0.3) is 5.91 Å². The number of benzene rings is 1. The maximum absolute atomic E-state index is 12.8. The summed E-state index contributed by atoms with van der Waals surface area (Å²) in [6, 6.07) is 6.92. The summed E-state index contributed by atoms with van der Waals surface area (Å²) in [5.41, 5.74) is 2.24. The Hall–Kier alpha value is -3.23. The van der Waals surface area contributed by atoms with Gasteiger partial charge in [0, 0.05) is 62.3 Å². The van der Waals surface area contributed by atoms with Gasteiger partial charge in [-0.2, -0.15) is 5.10 Å². The Morgan fingerprint density at radius 3 is 2.20 bits per heavy atom. The maximum Gasteiger partial charge on any atom is 0.321 e. The van der Waals surface area contributed by atoms with Crippen LogP contribution in [0.25, 0.3) is 0 Å². The van der Waals surface area contributed by atoms with Crippen molar-refractivity contribution >= 4 is 17.6 Å². The van der Waals surface area contributed by atoms with Gasteiger partial charge < -0.3 is 24.6 Å². The zero-order chi connectivity index (χ0) is 21.1. The Bertz CT molecular complexity index is 888. The van der Waals surface area contributed by atoms with Crippen LogP contribution < -0.4 is 14.8 Å². The van der Waals surface area contributed by atoms with Gasteiger partial charge in [-0.15, -0.1) is 0 Å². The smallest absolute Gasteiger partial charge is 0.321 e. The molecule has 3 amide bonds. The van der Waals surface area contributed by atoms with Gasteiger partial charge in [0.15, 0.2) is 5.69 Å². The van der Waals surface area contributed by atoms with Gasteiger partial charge in [-0.1, -0.05) is 0 Å². The van der Waals surface area contributed by atoms with E-state index >= 15 is 0 Å². The molecule has 9 nitrogen and oxygen atoms in total. The molecule has 0 atom stereocenters. The average molecular weight is 413 g/mol. The molecule has 1 aromatic heterocycles. The van der Waals surface area contributed by atoms with Crippen molar-refractivity contribution in [1.82, 2.24) is 19.6 Å². The molecule has 3 heterocycles. The molecule has 2 aliphatic rings. The topological polar surface area (TPSA) is 88.9 Å². The molecule has 4 rings (SSSR count). The molecule has 30 heavy (non-hydrogen) atoms. The molecule has 1 fully saturated rings. The first kappa shape index (κ1) is 20.1. The molecular formula is C21H27N5O4. The summed E-state index contributed by atoms with van der Waals surface area (Å²) in [5, 5.41) is 7.35. The highest BCUT2D eigenvalue weighted by atomic mass is 16.5. The zero-order valence-electron chi connectivity index (χ0n) is 17.4. The fourth-order valence-corrected chi connectivity index (χ4v) is 3.88. The maximum atomic E-state index is 12.8. The summed E-state index contributed by atoms with van der Waals surface area (Å²) in [6.45, 7) is 2.77. The summed E-state index contributed by atoms with van der Waals surface area (Å²) in [6.07, 6.45) is 3.23.